The van der Waals surface area contributed by atoms with Gasteiger partial charge in [0.15, 0.2) is 0 Å². The Kier molecular flexibility index (Phi) is 2.13. The summed E-state index contributed by atoms with van der Waals surface area (Å²) in [7, 11) is 2.07. The van der Waals surface area contributed by atoms with Crippen LogP contribution in [-0.2, 0) is 0 Å². The van der Waals surface area contributed by atoms with Crippen LogP contribution in [0.1, 0.15) is 12.8 Å². The lowest BCUT2D eigenvalue weighted by Crippen LogP contribution is -2.35. The van der Waals surface area contributed by atoms with E-state index in [0.29, 0.717) is 6.04 Å². The highest BCUT2D eigenvalue weighted by Crippen LogP contribution is 2.17. The number of nitrogens with zero attached hydrogens (tertiary/aromatic N) is 1. The van der Waals surface area contributed by atoms with Gasteiger partial charge in [-0.25, -0.2) is 0 Å². The third-order valence-electron chi connectivity index (χ3n) is 2.02. The van der Waals surface area contributed by atoms with Crippen LogP contribution in [0.4, 0.5) is 0 Å². The van der Waals surface area contributed by atoms with Crippen molar-refractivity contribution < 1.29 is 0 Å². The van der Waals surface area contributed by atoms with E-state index >= 15 is 0 Å². The Balaban J connectivity index is 2.56. The number of hydrogen-bond acceptors (Lipinski definition) is 1. The molecule has 1 aliphatic rings. The SMILES string of the molecule is C#CC1CC(=C)CCN1C. The third kappa shape index (κ3) is 1.40. The van der Waals surface area contributed by atoms with E-state index in [4.69, 9.17) is 6.42 Å². The van der Waals surface area contributed by atoms with Gasteiger partial charge in [0, 0.05) is 6.54 Å². The van der Waals surface area contributed by atoms with Gasteiger partial charge in [0.05, 0.1) is 6.04 Å². The summed E-state index contributed by atoms with van der Waals surface area (Å²) in [5.41, 5.74) is 1.29. The van der Waals surface area contributed by atoms with E-state index < -0.39 is 0 Å². The molecule has 0 aromatic heterocycles. The van der Waals surface area contributed by atoms with Gasteiger partial charge in [-0.3, -0.25) is 4.90 Å². The molecule has 1 rings (SSSR count). The van der Waals surface area contributed by atoms with Gasteiger partial charge in [0.2, 0.25) is 0 Å². The first-order valence-electron chi connectivity index (χ1n) is 3.57. The number of rotatable bonds is 0. The standard InChI is InChI=1S/C9H13N/c1-4-9-7-8(2)5-6-10(9)3/h1,9H,2,5-7H2,3H3. The third-order valence-corrected chi connectivity index (χ3v) is 2.02. The normalized spacial score (nSPS) is 28.0. The van der Waals surface area contributed by atoms with E-state index in [1.54, 1.807) is 0 Å². The van der Waals surface area contributed by atoms with Crippen LogP contribution in [0.5, 0.6) is 0 Å². The van der Waals surface area contributed by atoms with Crippen molar-refractivity contribution >= 4 is 0 Å². The summed E-state index contributed by atoms with van der Waals surface area (Å²) in [5.74, 6) is 2.75. The van der Waals surface area contributed by atoms with Crippen LogP contribution >= 0.6 is 0 Å². The zero-order valence-electron chi connectivity index (χ0n) is 6.43. The topological polar surface area (TPSA) is 3.24 Å². The van der Waals surface area contributed by atoms with Gasteiger partial charge in [-0.15, -0.1) is 6.42 Å². The lowest BCUT2D eigenvalue weighted by atomic mass is 9.99. The molecule has 1 aliphatic heterocycles. The van der Waals surface area contributed by atoms with Crippen molar-refractivity contribution in [1.82, 2.24) is 4.90 Å². The number of terminal acetylenes is 1. The molecule has 1 fully saturated rings. The Morgan fingerprint density at radius 1 is 1.80 bits per heavy atom. The Morgan fingerprint density at radius 2 is 2.50 bits per heavy atom. The highest BCUT2D eigenvalue weighted by molar-refractivity contribution is 5.11. The molecule has 1 saturated heterocycles. The molecular weight excluding hydrogens is 122 g/mol. The van der Waals surface area contributed by atoms with Crippen molar-refractivity contribution in [2.24, 2.45) is 0 Å². The maximum Gasteiger partial charge on any atom is 0.0746 e. The predicted octanol–water partition coefficient (Wildman–Crippen LogP) is 1.27. The molecule has 1 unspecified atom stereocenters. The van der Waals surface area contributed by atoms with Gasteiger partial charge in [-0.1, -0.05) is 18.1 Å². The van der Waals surface area contributed by atoms with Crippen molar-refractivity contribution in [3.8, 4) is 12.3 Å². The summed E-state index contributed by atoms with van der Waals surface area (Å²) in [6, 6.07) is 0.293. The van der Waals surface area contributed by atoms with Crippen molar-refractivity contribution in [3.05, 3.63) is 12.2 Å². The molecule has 0 aromatic carbocycles. The largest absolute Gasteiger partial charge is 0.292 e. The van der Waals surface area contributed by atoms with Crippen molar-refractivity contribution in [2.45, 2.75) is 18.9 Å². The lowest BCUT2D eigenvalue weighted by Gasteiger charge is -2.29. The second-order valence-corrected chi connectivity index (χ2v) is 2.87. The Morgan fingerprint density at radius 3 is 3.00 bits per heavy atom. The van der Waals surface area contributed by atoms with Crippen LogP contribution in [-0.4, -0.2) is 24.5 Å². The Labute approximate surface area is 62.7 Å². The fourth-order valence-electron chi connectivity index (χ4n) is 1.21. The quantitative estimate of drug-likeness (QED) is 0.357. The first-order chi connectivity index (χ1) is 4.74. The highest BCUT2D eigenvalue weighted by Gasteiger charge is 2.17. The van der Waals surface area contributed by atoms with E-state index in [1.165, 1.54) is 5.57 Å². The molecule has 54 valence electrons. The van der Waals surface area contributed by atoms with Crippen LogP contribution < -0.4 is 0 Å². The number of hydrogen-bond donors (Lipinski definition) is 0. The van der Waals surface area contributed by atoms with Crippen LogP contribution in [0.3, 0.4) is 0 Å². The Hall–Kier alpha value is -0.740. The average Bonchev–Trinajstić information content (AvgIpc) is 1.94. The van der Waals surface area contributed by atoms with Crippen molar-refractivity contribution in [1.29, 1.82) is 0 Å². The minimum Gasteiger partial charge on any atom is -0.292 e. The zero-order valence-corrected chi connectivity index (χ0v) is 6.43. The fourth-order valence-corrected chi connectivity index (χ4v) is 1.21. The van der Waals surface area contributed by atoms with Crippen LogP contribution in [0.15, 0.2) is 12.2 Å². The minimum atomic E-state index is 0.293. The summed E-state index contributed by atoms with van der Waals surface area (Å²) in [4.78, 5) is 2.20. The van der Waals surface area contributed by atoms with Gasteiger partial charge in [-0.2, -0.15) is 0 Å². The van der Waals surface area contributed by atoms with Crippen molar-refractivity contribution in [3.63, 3.8) is 0 Å². The monoisotopic (exact) mass is 135 g/mol. The molecule has 0 spiro atoms. The predicted molar refractivity (Wildman–Crippen MR) is 43.6 cm³/mol. The fraction of sp³-hybridized carbons (Fsp3) is 0.556. The van der Waals surface area contributed by atoms with E-state index in [1.807, 2.05) is 0 Å². The summed E-state index contributed by atoms with van der Waals surface area (Å²) < 4.78 is 0. The summed E-state index contributed by atoms with van der Waals surface area (Å²) >= 11 is 0. The Bertz CT molecular complexity index is 176. The smallest absolute Gasteiger partial charge is 0.0746 e. The van der Waals surface area contributed by atoms with Gasteiger partial charge in [0.25, 0.3) is 0 Å². The molecule has 0 aliphatic carbocycles. The molecule has 1 heteroatoms. The van der Waals surface area contributed by atoms with E-state index in [-0.39, 0.29) is 0 Å². The molecule has 0 N–H and O–H groups in total. The van der Waals surface area contributed by atoms with Crippen LogP contribution in [0.2, 0.25) is 0 Å². The molecule has 1 atom stereocenters. The molecule has 1 nitrogen and oxygen atoms in total. The molecule has 0 saturated carbocycles. The number of likely N-dealkylation sites (tertiary alicyclic amines) is 1. The average molecular weight is 135 g/mol. The molecule has 0 bridgehead atoms. The van der Waals surface area contributed by atoms with Crippen LogP contribution in [0, 0.1) is 12.3 Å². The van der Waals surface area contributed by atoms with Crippen molar-refractivity contribution in [2.75, 3.05) is 13.6 Å². The minimum absolute atomic E-state index is 0.293. The molecular formula is C9H13N. The summed E-state index contributed by atoms with van der Waals surface area (Å²) in [6.07, 6.45) is 7.41. The van der Waals surface area contributed by atoms with E-state index in [0.717, 1.165) is 19.4 Å². The second-order valence-electron chi connectivity index (χ2n) is 2.87. The number of piperidine rings is 1. The maximum atomic E-state index is 5.32. The first-order valence-corrected chi connectivity index (χ1v) is 3.57. The van der Waals surface area contributed by atoms with Gasteiger partial charge >= 0.3 is 0 Å². The molecule has 0 aromatic rings. The molecule has 0 amide bonds. The van der Waals surface area contributed by atoms with Gasteiger partial charge in [0.1, 0.15) is 0 Å². The summed E-state index contributed by atoms with van der Waals surface area (Å²) in [5, 5.41) is 0. The van der Waals surface area contributed by atoms with Crippen LogP contribution in [0.25, 0.3) is 0 Å². The first kappa shape index (κ1) is 7.37. The molecule has 10 heavy (non-hydrogen) atoms. The van der Waals surface area contributed by atoms with E-state index in [9.17, 15) is 0 Å². The highest BCUT2D eigenvalue weighted by atomic mass is 15.1. The maximum absolute atomic E-state index is 5.32. The second kappa shape index (κ2) is 2.90. The zero-order chi connectivity index (χ0) is 7.56. The van der Waals surface area contributed by atoms with Gasteiger partial charge < -0.3 is 0 Å². The molecule has 1 heterocycles. The van der Waals surface area contributed by atoms with E-state index in [2.05, 4.69) is 24.4 Å². The summed E-state index contributed by atoms with van der Waals surface area (Å²) in [6.45, 7) is 4.99. The van der Waals surface area contributed by atoms with Gasteiger partial charge in [-0.05, 0) is 19.9 Å². The lowest BCUT2D eigenvalue weighted by molar-refractivity contribution is 0.262. The molecule has 0 radical (unpaired) electrons.